The lowest BCUT2D eigenvalue weighted by molar-refractivity contribution is -0.0163. The molecule has 0 radical (unpaired) electrons. The van der Waals surface area contributed by atoms with Crippen molar-refractivity contribution >= 4 is 15.9 Å². The summed E-state index contributed by atoms with van der Waals surface area (Å²) in [4.78, 5) is 3.95. The summed E-state index contributed by atoms with van der Waals surface area (Å²) in [6.07, 6.45) is 3.41. The highest BCUT2D eigenvalue weighted by Crippen LogP contribution is 2.22. The Morgan fingerprint density at radius 3 is 2.67 bits per heavy atom. The van der Waals surface area contributed by atoms with Crippen molar-refractivity contribution < 1.29 is 9.47 Å². The molecule has 0 aliphatic heterocycles. The molecule has 84 valence electrons. The summed E-state index contributed by atoms with van der Waals surface area (Å²) < 4.78 is 11.9. The van der Waals surface area contributed by atoms with Gasteiger partial charge in [-0.15, -0.1) is 0 Å². The van der Waals surface area contributed by atoms with Crippen LogP contribution in [0.25, 0.3) is 0 Å². The van der Waals surface area contributed by atoms with Gasteiger partial charge in [-0.3, -0.25) is 4.98 Å². The first-order valence-electron chi connectivity index (χ1n) is 4.85. The van der Waals surface area contributed by atoms with Crippen molar-refractivity contribution in [2.75, 3.05) is 13.2 Å². The Hall–Kier alpha value is -0.610. The van der Waals surface area contributed by atoms with Gasteiger partial charge in [0.25, 0.3) is 0 Å². The van der Waals surface area contributed by atoms with E-state index in [1.165, 1.54) is 0 Å². The summed E-state index contributed by atoms with van der Waals surface area (Å²) in [5.74, 6) is 0.794. The van der Waals surface area contributed by atoms with Crippen LogP contribution in [0.3, 0.4) is 0 Å². The molecule has 0 aliphatic rings. The van der Waals surface area contributed by atoms with Crippen LogP contribution in [0.5, 0.6) is 5.75 Å². The minimum Gasteiger partial charge on any atom is -0.490 e. The highest BCUT2D eigenvalue weighted by molar-refractivity contribution is 9.10. The van der Waals surface area contributed by atoms with E-state index in [1.807, 2.05) is 26.8 Å². The Balaban J connectivity index is 2.30. The molecule has 0 N–H and O–H groups in total. The summed E-state index contributed by atoms with van der Waals surface area (Å²) in [5, 5.41) is 0. The molecule has 0 aliphatic carbocycles. The van der Waals surface area contributed by atoms with E-state index in [4.69, 9.17) is 9.47 Å². The fourth-order valence-electron chi connectivity index (χ4n) is 0.979. The molecule has 1 rings (SSSR count). The molecule has 0 saturated carbocycles. The minimum atomic E-state index is -0.112. The van der Waals surface area contributed by atoms with Crippen molar-refractivity contribution in [2.24, 2.45) is 0 Å². The second-order valence-electron chi connectivity index (χ2n) is 4.12. The number of halogens is 1. The maximum atomic E-state index is 5.53. The van der Waals surface area contributed by atoms with Gasteiger partial charge in [0.1, 0.15) is 12.4 Å². The number of ether oxygens (including phenoxy) is 2. The average Bonchev–Trinajstić information content (AvgIpc) is 2.13. The Bertz CT molecular complexity index is 310. The van der Waals surface area contributed by atoms with Crippen LogP contribution in [-0.4, -0.2) is 23.8 Å². The van der Waals surface area contributed by atoms with Gasteiger partial charge >= 0.3 is 0 Å². The van der Waals surface area contributed by atoms with Crippen molar-refractivity contribution in [2.45, 2.75) is 26.4 Å². The van der Waals surface area contributed by atoms with Crippen molar-refractivity contribution in [3.8, 4) is 5.75 Å². The number of rotatable bonds is 4. The molecule has 0 atom stereocenters. The summed E-state index contributed by atoms with van der Waals surface area (Å²) in [6, 6.07) is 1.82. The van der Waals surface area contributed by atoms with Gasteiger partial charge in [-0.05, 0) is 42.8 Å². The standard InChI is InChI=1S/C11H16BrNO2/c1-11(2,3)15-7-6-14-10-4-5-13-8-9(10)12/h4-5,8H,6-7H2,1-3H3. The molecule has 0 fully saturated rings. The summed E-state index contributed by atoms with van der Waals surface area (Å²) >= 11 is 3.36. The van der Waals surface area contributed by atoms with Crippen LogP contribution in [0.1, 0.15) is 20.8 Å². The smallest absolute Gasteiger partial charge is 0.136 e. The molecule has 15 heavy (non-hydrogen) atoms. The number of hydrogen-bond donors (Lipinski definition) is 0. The van der Waals surface area contributed by atoms with Gasteiger partial charge in [0.15, 0.2) is 0 Å². The van der Waals surface area contributed by atoms with Crippen molar-refractivity contribution in [1.29, 1.82) is 0 Å². The Kier molecular flexibility index (Phi) is 4.54. The van der Waals surface area contributed by atoms with Crippen LogP contribution < -0.4 is 4.74 Å². The zero-order valence-electron chi connectivity index (χ0n) is 9.29. The third-order valence-corrected chi connectivity index (χ3v) is 2.21. The first-order chi connectivity index (χ1) is 6.99. The van der Waals surface area contributed by atoms with E-state index in [-0.39, 0.29) is 5.60 Å². The van der Waals surface area contributed by atoms with E-state index in [2.05, 4.69) is 20.9 Å². The Labute approximate surface area is 98.9 Å². The molecule has 0 saturated heterocycles. The topological polar surface area (TPSA) is 31.4 Å². The lowest BCUT2D eigenvalue weighted by Crippen LogP contribution is -2.22. The van der Waals surface area contributed by atoms with E-state index in [1.54, 1.807) is 12.4 Å². The fourth-order valence-corrected chi connectivity index (χ4v) is 1.34. The molecule has 0 amide bonds. The quantitative estimate of drug-likeness (QED) is 0.791. The molecule has 4 heteroatoms. The van der Waals surface area contributed by atoms with Gasteiger partial charge in [0.05, 0.1) is 16.7 Å². The van der Waals surface area contributed by atoms with Crippen LogP contribution in [0.4, 0.5) is 0 Å². The first kappa shape index (κ1) is 12.5. The van der Waals surface area contributed by atoms with Gasteiger partial charge in [-0.25, -0.2) is 0 Å². The molecule has 1 aromatic rings. The predicted octanol–water partition coefficient (Wildman–Crippen LogP) is 3.04. The summed E-state index contributed by atoms with van der Waals surface area (Å²) in [5.41, 5.74) is -0.112. The van der Waals surface area contributed by atoms with Gasteiger partial charge < -0.3 is 9.47 Å². The highest BCUT2D eigenvalue weighted by Gasteiger charge is 2.09. The molecule has 1 heterocycles. The molecular weight excluding hydrogens is 258 g/mol. The van der Waals surface area contributed by atoms with E-state index < -0.39 is 0 Å². The average molecular weight is 274 g/mol. The normalized spacial score (nSPS) is 11.5. The van der Waals surface area contributed by atoms with Crippen LogP contribution in [0, 0.1) is 0 Å². The molecule has 0 bridgehead atoms. The SMILES string of the molecule is CC(C)(C)OCCOc1ccncc1Br. The highest BCUT2D eigenvalue weighted by atomic mass is 79.9. The van der Waals surface area contributed by atoms with Crippen molar-refractivity contribution in [3.05, 3.63) is 22.9 Å². The van der Waals surface area contributed by atoms with Crippen LogP contribution in [0.2, 0.25) is 0 Å². The van der Waals surface area contributed by atoms with Crippen molar-refractivity contribution in [3.63, 3.8) is 0 Å². The first-order valence-corrected chi connectivity index (χ1v) is 5.64. The third-order valence-electron chi connectivity index (χ3n) is 1.61. The molecule has 3 nitrogen and oxygen atoms in total. The molecule has 0 aromatic carbocycles. The van der Waals surface area contributed by atoms with E-state index in [9.17, 15) is 0 Å². The van der Waals surface area contributed by atoms with E-state index in [0.717, 1.165) is 10.2 Å². The van der Waals surface area contributed by atoms with E-state index >= 15 is 0 Å². The van der Waals surface area contributed by atoms with Crippen LogP contribution in [-0.2, 0) is 4.74 Å². The molecule has 1 aromatic heterocycles. The number of aromatic nitrogens is 1. The summed E-state index contributed by atoms with van der Waals surface area (Å²) in [6.45, 7) is 7.19. The second kappa shape index (κ2) is 5.47. The molecule has 0 spiro atoms. The minimum absolute atomic E-state index is 0.112. The summed E-state index contributed by atoms with van der Waals surface area (Å²) in [7, 11) is 0. The molecule has 0 unspecified atom stereocenters. The zero-order valence-corrected chi connectivity index (χ0v) is 10.9. The monoisotopic (exact) mass is 273 g/mol. The maximum absolute atomic E-state index is 5.53. The third kappa shape index (κ3) is 5.14. The predicted molar refractivity (Wildman–Crippen MR) is 63.1 cm³/mol. The van der Waals surface area contributed by atoms with Gasteiger partial charge in [-0.2, -0.15) is 0 Å². The fraction of sp³-hybridized carbons (Fsp3) is 0.545. The van der Waals surface area contributed by atoms with Gasteiger partial charge in [-0.1, -0.05) is 0 Å². The maximum Gasteiger partial charge on any atom is 0.136 e. The molecular formula is C11H16BrNO2. The lowest BCUT2D eigenvalue weighted by atomic mass is 10.2. The number of hydrogen-bond acceptors (Lipinski definition) is 3. The van der Waals surface area contributed by atoms with Crippen molar-refractivity contribution in [1.82, 2.24) is 4.98 Å². The van der Waals surface area contributed by atoms with E-state index in [0.29, 0.717) is 13.2 Å². The second-order valence-corrected chi connectivity index (χ2v) is 4.97. The van der Waals surface area contributed by atoms with Gasteiger partial charge in [0, 0.05) is 12.4 Å². The lowest BCUT2D eigenvalue weighted by Gasteiger charge is -2.19. The van der Waals surface area contributed by atoms with Crippen LogP contribution >= 0.6 is 15.9 Å². The van der Waals surface area contributed by atoms with Crippen LogP contribution in [0.15, 0.2) is 22.9 Å². The zero-order chi connectivity index (χ0) is 11.3. The Morgan fingerprint density at radius 1 is 1.33 bits per heavy atom. The van der Waals surface area contributed by atoms with Gasteiger partial charge in [0.2, 0.25) is 0 Å². The Morgan fingerprint density at radius 2 is 2.07 bits per heavy atom. The number of nitrogens with zero attached hydrogens (tertiary/aromatic N) is 1. The number of pyridine rings is 1. The largest absolute Gasteiger partial charge is 0.490 e.